The number of nitrogens with two attached hydrogens (primary N) is 1. The van der Waals surface area contributed by atoms with Crippen molar-refractivity contribution in [3.05, 3.63) is 57.4 Å². The highest BCUT2D eigenvalue weighted by Crippen LogP contribution is 2.38. The van der Waals surface area contributed by atoms with Gasteiger partial charge in [-0.2, -0.15) is 5.26 Å². The second-order valence-corrected chi connectivity index (χ2v) is 6.92. The molecule has 130 valence electrons. The Bertz CT molecular complexity index is 1050. The summed E-state index contributed by atoms with van der Waals surface area (Å²) >= 11 is 13.4. The minimum atomic E-state index is -1.35. The summed E-state index contributed by atoms with van der Waals surface area (Å²) in [4.78, 5) is 16.0. The van der Waals surface area contributed by atoms with Crippen molar-refractivity contribution in [3.63, 3.8) is 0 Å². The zero-order valence-electron chi connectivity index (χ0n) is 13.0. The Hall–Kier alpha value is -2.63. The Morgan fingerprint density at radius 2 is 1.96 bits per heavy atom. The van der Waals surface area contributed by atoms with Gasteiger partial charge in [-0.05, 0) is 18.2 Å². The van der Waals surface area contributed by atoms with Crippen molar-refractivity contribution in [2.24, 2.45) is 5.84 Å². The molecule has 1 aromatic heterocycles. The van der Waals surface area contributed by atoms with Crippen LogP contribution in [0.15, 0.2) is 42.5 Å². The van der Waals surface area contributed by atoms with Crippen molar-refractivity contribution in [1.82, 2.24) is 4.98 Å². The predicted octanol–water partition coefficient (Wildman–Crippen LogP) is 5.01. The topological polar surface area (TPSA) is 103 Å². The molecule has 0 aliphatic heterocycles. The second kappa shape index (κ2) is 7.32. The summed E-state index contributed by atoms with van der Waals surface area (Å²) in [5.41, 5.74) is 1.82. The fourth-order valence-corrected chi connectivity index (χ4v) is 3.60. The number of anilines is 1. The van der Waals surface area contributed by atoms with E-state index in [0.717, 1.165) is 0 Å². The minimum Gasteiger partial charge on any atom is -0.464 e. The molecule has 0 aliphatic carbocycles. The van der Waals surface area contributed by atoms with E-state index in [4.69, 9.17) is 34.2 Å². The van der Waals surface area contributed by atoms with Gasteiger partial charge in [0.25, 0.3) is 0 Å². The summed E-state index contributed by atoms with van der Waals surface area (Å²) < 4.78 is 0. The number of nitriles is 1. The molecule has 0 saturated carbocycles. The molecule has 1 heterocycles. The maximum Gasteiger partial charge on any atom is 0.426 e. The molecule has 2 aromatic carbocycles. The fourth-order valence-electron chi connectivity index (χ4n) is 2.29. The molecule has 3 N–H and O–H groups in total. The van der Waals surface area contributed by atoms with E-state index < -0.39 is 6.09 Å². The molecule has 0 aliphatic rings. The van der Waals surface area contributed by atoms with Gasteiger partial charge in [0.05, 0.1) is 15.7 Å². The minimum absolute atomic E-state index is 0.115. The molecule has 0 atom stereocenters. The van der Waals surface area contributed by atoms with Gasteiger partial charge in [0.2, 0.25) is 0 Å². The molecule has 0 saturated heterocycles. The molecule has 9 heteroatoms. The fraction of sp³-hybridized carbons (Fsp3) is 0. The van der Waals surface area contributed by atoms with Gasteiger partial charge >= 0.3 is 6.09 Å². The summed E-state index contributed by atoms with van der Waals surface area (Å²) in [5, 5.41) is 20.2. The van der Waals surface area contributed by atoms with Crippen molar-refractivity contribution in [2.75, 3.05) is 5.01 Å². The van der Waals surface area contributed by atoms with Crippen LogP contribution >= 0.6 is 34.5 Å². The van der Waals surface area contributed by atoms with Gasteiger partial charge in [-0.1, -0.05) is 47.5 Å². The van der Waals surface area contributed by atoms with E-state index in [9.17, 15) is 10.1 Å². The van der Waals surface area contributed by atoms with E-state index in [2.05, 4.69) is 11.1 Å². The summed E-state index contributed by atoms with van der Waals surface area (Å²) in [7, 11) is 0. The van der Waals surface area contributed by atoms with E-state index >= 15 is 0 Å². The van der Waals surface area contributed by atoms with Crippen LogP contribution in [0.25, 0.3) is 21.8 Å². The third kappa shape index (κ3) is 3.36. The number of nitrogens with zero attached hydrogens (tertiary/aromatic N) is 3. The zero-order valence-corrected chi connectivity index (χ0v) is 15.3. The SMILES string of the molecule is N#Cc1sc(-c2ccc(Cl)c(N(N)C(=O)O)c2)nc1-c1ccccc1Cl. The van der Waals surface area contributed by atoms with Crippen molar-refractivity contribution >= 4 is 46.3 Å². The van der Waals surface area contributed by atoms with Crippen LogP contribution in [0.5, 0.6) is 0 Å². The molecule has 3 aromatic rings. The summed E-state index contributed by atoms with van der Waals surface area (Å²) in [6, 6.07) is 13.9. The lowest BCUT2D eigenvalue weighted by Crippen LogP contribution is -2.36. The lowest BCUT2D eigenvalue weighted by Gasteiger charge is -2.14. The predicted molar refractivity (Wildman–Crippen MR) is 102 cm³/mol. The van der Waals surface area contributed by atoms with Crippen LogP contribution in [0, 0.1) is 11.3 Å². The van der Waals surface area contributed by atoms with E-state index in [1.54, 1.807) is 30.3 Å². The van der Waals surface area contributed by atoms with Gasteiger partial charge in [0.15, 0.2) is 0 Å². The first-order valence-electron chi connectivity index (χ1n) is 7.16. The van der Waals surface area contributed by atoms with Crippen LogP contribution in [-0.2, 0) is 0 Å². The molecular weight excluding hydrogens is 395 g/mol. The maximum absolute atomic E-state index is 11.1. The monoisotopic (exact) mass is 404 g/mol. The van der Waals surface area contributed by atoms with Crippen molar-refractivity contribution < 1.29 is 9.90 Å². The van der Waals surface area contributed by atoms with Crippen LogP contribution in [0.4, 0.5) is 10.5 Å². The van der Waals surface area contributed by atoms with Gasteiger partial charge in [-0.15, -0.1) is 11.3 Å². The summed E-state index contributed by atoms with van der Waals surface area (Å²) in [6.45, 7) is 0. The lowest BCUT2D eigenvalue weighted by atomic mass is 10.1. The number of hydrogen-bond donors (Lipinski definition) is 2. The van der Waals surface area contributed by atoms with Crippen LogP contribution < -0.4 is 10.9 Å². The van der Waals surface area contributed by atoms with Gasteiger partial charge in [-0.3, -0.25) is 0 Å². The molecule has 0 bridgehead atoms. The van der Waals surface area contributed by atoms with Gasteiger partial charge < -0.3 is 5.11 Å². The number of halogens is 2. The molecular formula is C17H10Cl2N4O2S. The number of hydrazine groups is 1. The first-order valence-corrected chi connectivity index (χ1v) is 8.73. The smallest absolute Gasteiger partial charge is 0.426 e. The molecule has 0 spiro atoms. The molecule has 6 nitrogen and oxygen atoms in total. The third-order valence-electron chi connectivity index (χ3n) is 3.52. The van der Waals surface area contributed by atoms with E-state index in [1.165, 1.54) is 23.5 Å². The quantitative estimate of drug-likeness (QED) is 0.362. The zero-order chi connectivity index (χ0) is 18.8. The maximum atomic E-state index is 11.1. The molecule has 26 heavy (non-hydrogen) atoms. The molecule has 0 fully saturated rings. The van der Waals surface area contributed by atoms with Gasteiger partial charge in [0, 0.05) is 11.1 Å². The lowest BCUT2D eigenvalue weighted by molar-refractivity contribution is 0.202. The number of benzene rings is 2. The number of thiazole rings is 1. The highest BCUT2D eigenvalue weighted by atomic mass is 35.5. The summed E-state index contributed by atoms with van der Waals surface area (Å²) in [6.07, 6.45) is -1.35. The van der Waals surface area contributed by atoms with E-state index in [0.29, 0.717) is 36.7 Å². The third-order valence-corrected chi connectivity index (χ3v) is 5.17. The normalized spacial score (nSPS) is 10.4. The highest BCUT2D eigenvalue weighted by Gasteiger charge is 2.19. The molecule has 1 amide bonds. The number of hydrogen-bond acceptors (Lipinski definition) is 5. The molecule has 0 radical (unpaired) electrons. The van der Waals surface area contributed by atoms with Crippen LogP contribution in [0.2, 0.25) is 10.0 Å². The standard InChI is InChI=1S/C17H10Cl2N4O2S/c18-11-4-2-1-3-10(11)15-14(8-20)26-16(22-15)9-5-6-12(19)13(7-9)23(21)17(24)25/h1-7H,21H2,(H,24,25). The first kappa shape index (κ1) is 18.2. The van der Waals surface area contributed by atoms with Gasteiger partial charge in [0.1, 0.15) is 21.6 Å². The Balaban J connectivity index is 2.12. The number of carbonyl (C=O) groups is 1. The van der Waals surface area contributed by atoms with E-state index in [-0.39, 0.29) is 10.7 Å². The Labute approximate surface area is 162 Å². The van der Waals surface area contributed by atoms with Crippen molar-refractivity contribution in [2.45, 2.75) is 0 Å². The largest absolute Gasteiger partial charge is 0.464 e. The van der Waals surface area contributed by atoms with Crippen molar-refractivity contribution in [1.29, 1.82) is 5.26 Å². The first-order chi connectivity index (χ1) is 12.4. The molecule has 3 rings (SSSR count). The number of aromatic nitrogens is 1. The van der Waals surface area contributed by atoms with E-state index in [1.807, 2.05) is 0 Å². The average Bonchev–Trinajstić information content (AvgIpc) is 3.06. The average molecular weight is 405 g/mol. The number of rotatable bonds is 3. The van der Waals surface area contributed by atoms with Crippen molar-refractivity contribution in [3.8, 4) is 27.9 Å². The Kier molecular flexibility index (Phi) is 5.11. The van der Waals surface area contributed by atoms with Gasteiger partial charge in [-0.25, -0.2) is 20.6 Å². The highest BCUT2D eigenvalue weighted by molar-refractivity contribution is 7.16. The van der Waals surface area contributed by atoms with Crippen LogP contribution in [0.1, 0.15) is 4.88 Å². The number of carboxylic acid groups (broad SMARTS) is 1. The Morgan fingerprint density at radius 1 is 1.23 bits per heavy atom. The molecule has 0 unspecified atom stereocenters. The number of amides is 1. The van der Waals surface area contributed by atoms with Crippen LogP contribution in [0.3, 0.4) is 0 Å². The summed E-state index contributed by atoms with van der Waals surface area (Å²) in [5.74, 6) is 5.52. The second-order valence-electron chi connectivity index (χ2n) is 5.11. The van der Waals surface area contributed by atoms with Crippen LogP contribution in [-0.4, -0.2) is 16.2 Å². The Morgan fingerprint density at radius 3 is 2.62 bits per heavy atom.